The summed E-state index contributed by atoms with van der Waals surface area (Å²) < 4.78 is 0. The molecule has 0 fully saturated rings. The SMILES string of the molecule is Cc1cc(C#N)c(CCl)cc1C(=O)O. The molecule has 4 heteroatoms. The van der Waals surface area contributed by atoms with E-state index in [0.717, 1.165) is 0 Å². The van der Waals surface area contributed by atoms with Crippen molar-refractivity contribution in [3.8, 4) is 6.07 Å². The van der Waals surface area contributed by atoms with Crippen LogP contribution in [0.25, 0.3) is 0 Å². The third-order valence-electron chi connectivity index (χ3n) is 1.95. The Kier molecular flexibility index (Phi) is 3.10. The largest absolute Gasteiger partial charge is 0.478 e. The van der Waals surface area contributed by atoms with Gasteiger partial charge in [-0.25, -0.2) is 4.79 Å². The highest BCUT2D eigenvalue weighted by atomic mass is 35.5. The molecule has 0 radical (unpaired) electrons. The molecule has 0 aliphatic carbocycles. The van der Waals surface area contributed by atoms with Crippen molar-refractivity contribution in [2.24, 2.45) is 0 Å². The zero-order chi connectivity index (χ0) is 10.7. The van der Waals surface area contributed by atoms with E-state index in [2.05, 4.69) is 0 Å². The summed E-state index contributed by atoms with van der Waals surface area (Å²) in [6, 6.07) is 4.97. The van der Waals surface area contributed by atoms with Gasteiger partial charge in [-0.1, -0.05) is 0 Å². The molecule has 0 bridgehead atoms. The first-order valence-electron chi connectivity index (χ1n) is 3.93. The lowest BCUT2D eigenvalue weighted by Crippen LogP contribution is -2.02. The highest BCUT2D eigenvalue weighted by Gasteiger charge is 2.11. The zero-order valence-corrected chi connectivity index (χ0v) is 8.30. The maximum absolute atomic E-state index is 10.8. The predicted molar refractivity (Wildman–Crippen MR) is 52.4 cm³/mol. The van der Waals surface area contributed by atoms with E-state index in [0.29, 0.717) is 16.7 Å². The lowest BCUT2D eigenvalue weighted by atomic mass is 10.0. The van der Waals surface area contributed by atoms with Gasteiger partial charge in [0.25, 0.3) is 0 Å². The van der Waals surface area contributed by atoms with Crippen molar-refractivity contribution in [2.75, 3.05) is 0 Å². The lowest BCUT2D eigenvalue weighted by molar-refractivity contribution is 0.0696. The second-order valence-electron chi connectivity index (χ2n) is 2.87. The average Bonchev–Trinajstić information content (AvgIpc) is 2.16. The van der Waals surface area contributed by atoms with Crippen LogP contribution in [0.1, 0.15) is 27.0 Å². The number of carboxylic acids is 1. The van der Waals surface area contributed by atoms with E-state index in [1.807, 2.05) is 6.07 Å². The van der Waals surface area contributed by atoms with Gasteiger partial charge in [0.15, 0.2) is 0 Å². The van der Waals surface area contributed by atoms with Crippen molar-refractivity contribution in [2.45, 2.75) is 12.8 Å². The summed E-state index contributed by atoms with van der Waals surface area (Å²) in [7, 11) is 0. The molecule has 0 aromatic heterocycles. The Labute approximate surface area is 86.5 Å². The summed E-state index contributed by atoms with van der Waals surface area (Å²) in [5.41, 5.74) is 1.75. The molecule has 72 valence electrons. The number of nitrogens with zero attached hydrogens (tertiary/aromatic N) is 1. The summed E-state index contributed by atoms with van der Waals surface area (Å²) in [4.78, 5) is 10.8. The van der Waals surface area contributed by atoms with E-state index < -0.39 is 5.97 Å². The topological polar surface area (TPSA) is 61.1 Å². The average molecular weight is 210 g/mol. The Hall–Kier alpha value is -1.53. The van der Waals surface area contributed by atoms with E-state index in [4.69, 9.17) is 22.0 Å². The first kappa shape index (κ1) is 10.6. The van der Waals surface area contributed by atoms with Crippen molar-refractivity contribution in [1.29, 1.82) is 5.26 Å². The van der Waals surface area contributed by atoms with Gasteiger partial charge in [-0.3, -0.25) is 0 Å². The predicted octanol–water partition coefficient (Wildman–Crippen LogP) is 2.30. The molecule has 1 N–H and O–H groups in total. The van der Waals surface area contributed by atoms with Gasteiger partial charge in [0.05, 0.1) is 17.2 Å². The number of carbonyl (C=O) groups is 1. The van der Waals surface area contributed by atoms with Crippen molar-refractivity contribution in [3.05, 3.63) is 34.4 Å². The Balaban J connectivity index is 3.39. The van der Waals surface area contributed by atoms with Crippen LogP contribution in [-0.2, 0) is 5.88 Å². The molecule has 0 saturated carbocycles. The number of benzene rings is 1. The molecule has 0 spiro atoms. The molecule has 0 aliphatic rings. The van der Waals surface area contributed by atoms with E-state index in [-0.39, 0.29) is 11.4 Å². The highest BCUT2D eigenvalue weighted by molar-refractivity contribution is 6.17. The zero-order valence-electron chi connectivity index (χ0n) is 7.54. The van der Waals surface area contributed by atoms with Crippen LogP contribution in [0.4, 0.5) is 0 Å². The number of hydrogen-bond acceptors (Lipinski definition) is 2. The monoisotopic (exact) mass is 209 g/mol. The van der Waals surface area contributed by atoms with Crippen LogP contribution in [0, 0.1) is 18.3 Å². The van der Waals surface area contributed by atoms with Crippen molar-refractivity contribution < 1.29 is 9.90 Å². The van der Waals surface area contributed by atoms with E-state index >= 15 is 0 Å². The summed E-state index contributed by atoms with van der Waals surface area (Å²) >= 11 is 5.60. The third kappa shape index (κ3) is 1.86. The standard InChI is InChI=1S/C10H8ClNO2/c1-6-2-8(5-12)7(4-11)3-9(6)10(13)14/h2-3H,4H2,1H3,(H,13,14). The first-order chi connectivity index (χ1) is 6.60. The summed E-state index contributed by atoms with van der Waals surface area (Å²) in [6.07, 6.45) is 0. The summed E-state index contributed by atoms with van der Waals surface area (Å²) in [6.45, 7) is 1.66. The molecule has 1 rings (SSSR count). The van der Waals surface area contributed by atoms with Gasteiger partial charge in [0.1, 0.15) is 0 Å². The molecule has 0 aliphatic heterocycles. The Morgan fingerprint density at radius 2 is 2.29 bits per heavy atom. The first-order valence-corrected chi connectivity index (χ1v) is 4.46. The Morgan fingerprint density at radius 1 is 1.64 bits per heavy atom. The van der Waals surface area contributed by atoms with Crippen LogP contribution in [0.5, 0.6) is 0 Å². The number of aromatic carboxylic acids is 1. The van der Waals surface area contributed by atoms with Crippen LogP contribution in [0.2, 0.25) is 0 Å². The minimum absolute atomic E-state index is 0.142. The Morgan fingerprint density at radius 3 is 2.71 bits per heavy atom. The number of rotatable bonds is 2. The molecule has 0 unspecified atom stereocenters. The van der Waals surface area contributed by atoms with Crippen LogP contribution < -0.4 is 0 Å². The minimum Gasteiger partial charge on any atom is -0.478 e. The maximum Gasteiger partial charge on any atom is 0.335 e. The fourth-order valence-electron chi connectivity index (χ4n) is 1.20. The van der Waals surface area contributed by atoms with Crippen LogP contribution in [0.3, 0.4) is 0 Å². The van der Waals surface area contributed by atoms with Crippen LogP contribution >= 0.6 is 11.6 Å². The molecule has 3 nitrogen and oxygen atoms in total. The van der Waals surface area contributed by atoms with Gasteiger partial charge in [-0.2, -0.15) is 5.26 Å². The second kappa shape index (κ2) is 4.12. The fraction of sp³-hybridized carbons (Fsp3) is 0.200. The minimum atomic E-state index is -1.00. The number of carboxylic acid groups (broad SMARTS) is 1. The highest BCUT2D eigenvalue weighted by Crippen LogP contribution is 2.17. The smallest absolute Gasteiger partial charge is 0.335 e. The van der Waals surface area contributed by atoms with Crippen LogP contribution in [-0.4, -0.2) is 11.1 Å². The van der Waals surface area contributed by atoms with Gasteiger partial charge in [-0.05, 0) is 30.2 Å². The number of aryl methyl sites for hydroxylation is 1. The van der Waals surface area contributed by atoms with Gasteiger partial charge in [0.2, 0.25) is 0 Å². The molecule has 1 aromatic carbocycles. The van der Waals surface area contributed by atoms with Gasteiger partial charge < -0.3 is 5.11 Å². The molecule has 1 aromatic rings. The van der Waals surface area contributed by atoms with Crippen molar-refractivity contribution in [3.63, 3.8) is 0 Å². The van der Waals surface area contributed by atoms with Gasteiger partial charge >= 0.3 is 5.97 Å². The summed E-state index contributed by atoms with van der Waals surface area (Å²) in [5.74, 6) is -0.859. The van der Waals surface area contributed by atoms with E-state index in [1.54, 1.807) is 13.0 Å². The van der Waals surface area contributed by atoms with Crippen LogP contribution in [0.15, 0.2) is 12.1 Å². The molecular weight excluding hydrogens is 202 g/mol. The van der Waals surface area contributed by atoms with Gasteiger partial charge in [0, 0.05) is 5.88 Å². The van der Waals surface area contributed by atoms with Crippen molar-refractivity contribution in [1.82, 2.24) is 0 Å². The number of hydrogen-bond donors (Lipinski definition) is 1. The number of halogens is 1. The van der Waals surface area contributed by atoms with Gasteiger partial charge in [-0.15, -0.1) is 11.6 Å². The Bertz CT molecular complexity index is 421. The molecular formula is C10H8ClNO2. The fourth-order valence-corrected chi connectivity index (χ4v) is 1.42. The molecule has 0 saturated heterocycles. The normalized spacial score (nSPS) is 9.50. The second-order valence-corrected chi connectivity index (χ2v) is 3.14. The molecule has 0 heterocycles. The molecule has 0 amide bonds. The molecule has 14 heavy (non-hydrogen) atoms. The third-order valence-corrected chi connectivity index (χ3v) is 2.23. The van der Waals surface area contributed by atoms with E-state index in [9.17, 15) is 4.79 Å². The van der Waals surface area contributed by atoms with E-state index in [1.165, 1.54) is 6.07 Å². The lowest BCUT2D eigenvalue weighted by Gasteiger charge is -2.05. The maximum atomic E-state index is 10.8. The van der Waals surface area contributed by atoms with Crippen molar-refractivity contribution >= 4 is 17.6 Å². The summed E-state index contributed by atoms with van der Waals surface area (Å²) in [5, 5.41) is 17.6. The molecule has 0 atom stereocenters. The quantitative estimate of drug-likeness (QED) is 0.761. The number of nitriles is 1. The number of alkyl halides is 1.